The first-order valence-corrected chi connectivity index (χ1v) is 8.68. The van der Waals surface area contributed by atoms with E-state index >= 15 is 0 Å². The maximum atomic E-state index is 6.03. The summed E-state index contributed by atoms with van der Waals surface area (Å²) in [5, 5.41) is 7.17. The van der Waals surface area contributed by atoms with Gasteiger partial charge >= 0.3 is 0 Å². The number of nitrogens with one attached hydrogen (secondary N) is 2. The van der Waals surface area contributed by atoms with Crippen LogP contribution in [0.4, 0.5) is 0 Å². The summed E-state index contributed by atoms with van der Waals surface area (Å²) >= 11 is 0. The van der Waals surface area contributed by atoms with Crippen LogP contribution in [-0.2, 0) is 22.6 Å². The van der Waals surface area contributed by atoms with Gasteiger partial charge < -0.3 is 20.1 Å². The molecule has 0 bridgehead atoms. The third-order valence-electron chi connectivity index (χ3n) is 4.88. The Morgan fingerprint density at radius 3 is 1.50 bits per heavy atom. The third-order valence-corrected chi connectivity index (χ3v) is 4.88. The molecular weight excluding hydrogens is 300 g/mol. The topological polar surface area (TPSA) is 42.5 Å². The maximum Gasteiger partial charge on any atom is 0.103 e. The Balaban J connectivity index is 1.29. The predicted molar refractivity (Wildman–Crippen MR) is 93.6 cm³/mol. The van der Waals surface area contributed by atoms with E-state index in [1.54, 1.807) is 0 Å². The molecule has 4 nitrogen and oxygen atoms in total. The summed E-state index contributed by atoms with van der Waals surface area (Å²) in [5.41, 5.74) is 2.58. The van der Waals surface area contributed by atoms with Crippen LogP contribution in [0, 0.1) is 0 Å². The molecule has 0 spiro atoms. The SMILES string of the molecule is c1ccc(CNC2COC3C(NCc4ccccc4)COC23)cc1. The predicted octanol–water partition coefficient (Wildman–Crippen LogP) is 2.10. The summed E-state index contributed by atoms with van der Waals surface area (Å²) in [5.74, 6) is 0. The van der Waals surface area contributed by atoms with E-state index in [1.807, 2.05) is 12.1 Å². The minimum Gasteiger partial charge on any atom is -0.372 e. The van der Waals surface area contributed by atoms with E-state index in [9.17, 15) is 0 Å². The number of benzene rings is 2. The second-order valence-corrected chi connectivity index (χ2v) is 6.54. The molecule has 0 aliphatic carbocycles. The van der Waals surface area contributed by atoms with Crippen molar-refractivity contribution in [2.75, 3.05) is 13.2 Å². The Kier molecular flexibility index (Phi) is 4.90. The molecule has 4 atom stereocenters. The van der Waals surface area contributed by atoms with E-state index in [0.29, 0.717) is 13.2 Å². The highest BCUT2D eigenvalue weighted by molar-refractivity contribution is 5.16. The number of fused-ring (bicyclic) bond motifs is 1. The van der Waals surface area contributed by atoms with Crippen molar-refractivity contribution in [1.82, 2.24) is 10.6 Å². The van der Waals surface area contributed by atoms with Crippen molar-refractivity contribution in [3.8, 4) is 0 Å². The molecule has 2 N–H and O–H groups in total. The van der Waals surface area contributed by atoms with Gasteiger partial charge in [-0.05, 0) is 11.1 Å². The average Bonchev–Trinajstić information content (AvgIpc) is 3.22. The largest absolute Gasteiger partial charge is 0.372 e. The lowest BCUT2D eigenvalue weighted by Crippen LogP contribution is -2.43. The summed E-state index contributed by atoms with van der Waals surface area (Å²) in [7, 11) is 0. The first kappa shape index (κ1) is 15.8. The van der Waals surface area contributed by atoms with Gasteiger partial charge in [-0.3, -0.25) is 0 Å². The summed E-state index contributed by atoms with van der Waals surface area (Å²) < 4.78 is 12.1. The molecule has 24 heavy (non-hydrogen) atoms. The molecule has 2 heterocycles. The molecule has 4 rings (SSSR count). The quantitative estimate of drug-likeness (QED) is 0.854. The van der Waals surface area contributed by atoms with Gasteiger partial charge in [0.25, 0.3) is 0 Å². The van der Waals surface area contributed by atoms with Crippen molar-refractivity contribution >= 4 is 0 Å². The van der Waals surface area contributed by atoms with Crippen LogP contribution in [0.25, 0.3) is 0 Å². The van der Waals surface area contributed by atoms with E-state index in [2.05, 4.69) is 59.2 Å². The maximum absolute atomic E-state index is 6.03. The molecule has 2 saturated heterocycles. The van der Waals surface area contributed by atoms with Crippen molar-refractivity contribution in [3.63, 3.8) is 0 Å². The van der Waals surface area contributed by atoms with Gasteiger partial charge in [-0.2, -0.15) is 0 Å². The van der Waals surface area contributed by atoms with Crippen molar-refractivity contribution in [2.45, 2.75) is 37.4 Å². The van der Waals surface area contributed by atoms with Gasteiger partial charge in [-0.1, -0.05) is 60.7 Å². The first-order chi connectivity index (χ1) is 11.9. The average molecular weight is 324 g/mol. The normalized spacial score (nSPS) is 28.8. The Hall–Kier alpha value is -1.72. The molecule has 0 aromatic heterocycles. The van der Waals surface area contributed by atoms with Crippen LogP contribution in [0.3, 0.4) is 0 Å². The summed E-state index contributed by atoms with van der Waals surface area (Å²) in [6.07, 6.45) is 0.281. The van der Waals surface area contributed by atoms with Crippen LogP contribution in [0.1, 0.15) is 11.1 Å². The van der Waals surface area contributed by atoms with Crippen LogP contribution in [-0.4, -0.2) is 37.5 Å². The molecule has 2 fully saturated rings. The monoisotopic (exact) mass is 324 g/mol. The first-order valence-electron chi connectivity index (χ1n) is 8.68. The molecule has 2 aromatic carbocycles. The van der Waals surface area contributed by atoms with Crippen LogP contribution >= 0.6 is 0 Å². The highest BCUT2D eigenvalue weighted by Gasteiger charge is 2.47. The van der Waals surface area contributed by atoms with E-state index in [4.69, 9.17) is 9.47 Å². The molecule has 0 saturated carbocycles. The van der Waals surface area contributed by atoms with Gasteiger partial charge in [-0.15, -0.1) is 0 Å². The van der Waals surface area contributed by atoms with E-state index in [0.717, 1.165) is 13.1 Å². The third kappa shape index (κ3) is 3.52. The van der Waals surface area contributed by atoms with Gasteiger partial charge in [0.15, 0.2) is 0 Å². The zero-order valence-electron chi connectivity index (χ0n) is 13.7. The van der Waals surface area contributed by atoms with Crippen molar-refractivity contribution < 1.29 is 9.47 Å². The smallest absolute Gasteiger partial charge is 0.103 e. The van der Waals surface area contributed by atoms with Gasteiger partial charge in [0.1, 0.15) is 12.2 Å². The fourth-order valence-corrected chi connectivity index (χ4v) is 3.54. The lowest BCUT2D eigenvalue weighted by atomic mass is 10.1. The molecule has 2 aromatic rings. The summed E-state index contributed by atoms with van der Waals surface area (Å²) in [6, 6.07) is 21.4. The fourth-order valence-electron chi connectivity index (χ4n) is 3.54. The standard InChI is InChI=1S/C20H24N2O2/c1-3-7-15(8-4-1)11-21-17-13-23-20-18(14-24-19(17)20)22-12-16-9-5-2-6-10-16/h1-10,17-22H,11-14H2. The molecule has 2 aliphatic rings. The highest BCUT2D eigenvalue weighted by atomic mass is 16.6. The number of hydrogen-bond acceptors (Lipinski definition) is 4. The molecular formula is C20H24N2O2. The van der Waals surface area contributed by atoms with Gasteiger partial charge in [0, 0.05) is 13.1 Å². The van der Waals surface area contributed by atoms with Crippen molar-refractivity contribution in [2.24, 2.45) is 0 Å². The van der Waals surface area contributed by atoms with Gasteiger partial charge in [-0.25, -0.2) is 0 Å². The molecule has 126 valence electrons. The van der Waals surface area contributed by atoms with Gasteiger partial charge in [0.05, 0.1) is 25.3 Å². The molecule has 0 amide bonds. The van der Waals surface area contributed by atoms with Crippen LogP contribution in [0.15, 0.2) is 60.7 Å². The molecule has 4 heteroatoms. The Morgan fingerprint density at radius 2 is 1.08 bits per heavy atom. The lowest BCUT2D eigenvalue weighted by Gasteiger charge is -2.18. The van der Waals surface area contributed by atoms with E-state index in [1.165, 1.54) is 11.1 Å². The lowest BCUT2D eigenvalue weighted by molar-refractivity contribution is 0.0654. The summed E-state index contributed by atoms with van der Waals surface area (Å²) in [4.78, 5) is 0. The van der Waals surface area contributed by atoms with Crippen molar-refractivity contribution in [1.29, 1.82) is 0 Å². The van der Waals surface area contributed by atoms with Crippen LogP contribution in [0.2, 0.25) is 0 Å². The van der Waals surface area contributed by atoms with Crippen LogP contribution in [0.5, 0.6) is 0 Å². The van der Waals surface area contributed by atoms with Gasteiger partial charge in [0.2, 0.25) is 0 Å². The fraction of sp³-hybridized carbons (Fsp3) is 0.400. The summed E-state index contributed by atoms with van der Waals surface area (Å²) in [6.45, 7) is 3.13. The zero-order chi connectivity index (χ0) is 16.2. The minimum absolute atomic E-state index is 0.141. The minimum atomic E-state index is 0.141. The number of hydrogen-bond donors (Lipinski definition) is 2. The Morgan fingerprint density at radius 1 is 0.667 bits per heavy atom. The number of ether oxygens (including phenoxy) is 2. The Bertz CT molecular complexity index is 577. The van der Waals surface area contributed by atoms with E-state index < -0.39 is 0 Å². The highest BCUT2D eigenvalue weighted by Crippen LogP contribution is 2.27. The second kappa shape index (κ2) is 7.45. The Labute approximate surface area is 143 Å². The van der Waals surface area contributed by atoms with Crippen LogP contribution < -0.4 is 10.6 Å². The second-order valence-electron chi connectivity index (χ2n) is 6.54. The molecule has 4 unspecified atom stereocenters. The van der Waals surface area contributed by atoms with Crippen molar-refractivity contribution in [3.05, 3.63) is 71.8 Å². The number of rotatable bonds is 6. The zero-order valence-corrected chi connectivity index (χ0v) is 13.7. The van der Waals surface area contributed by atoms with E-state index in [-0.39, 0.29) is 24.3 Å². The molecule has 0 radical (unpaired) electrons. The molecule has 2 aliphatic heterocycles.